The summed E-state index contributed by atoms with van der Waals surface area (Å²) in [5.74, 6) is -0.407. The maximum atomic E-state index is 12.3. The number of nitrogens with zero attached hydrogens (tertiary/aromatic N) is 1. The van der Waals surface area contributed by atoms with Crippen LogP contribution in [0.1, 0.15) is 31.2 Å². The second kappa shape index (κ2) is 7.79. The molecule has 1 amide bonds. The molecule has 1 aliphatic heterocycles. The molecule has 1 N–H and O–H groups in total. The van der Waals surface area contributed by atoms with E-state index in [4.69, 9.17) is 4.74 Å². The van der Waals surface area contributed by atoms with E-state index in [1.54, 1.807) is 4.90 Å². The summed E-state index contributed by atoms with van der Waals surface area (Å²) in [6, 6.07) is 9.95. The second-order valence-corrected chi connectivity index (χ2v) is 6.89. The number of carbonyl (C=O) groups is 2. The third kappa shape index (κ3) is 4.35. The van der Waals surface area contributed by atoms with Gasteiger partial charge in [0.05, 0.1) is 12.5 Å². The summed E-state index contributed by atoms with van der Waals surface area (Å²) in [6.45, 7) is 2.10. The van der Waals surface area contributed by atoms with E-state index in [0.29, 0.717) is 45.1 Å². The van der Waals surface area contributed by atoms with Crippen LogP contribution >= 0.6 is 0 Å². The molecule has 2 fully saturated rings. The fraction of sp³-hybridized carbons (Fsp3) is 0.579. The van der Waals surface area contributed by atoms with Gasteiger partial charge in [-0.15, -0.1) is 0 Å². The van der Waals surface area contributed by atoms with Gasteiger partial charge in [0.1, 0.15) is 0 Å². The topological polar surface area (TPSA) is 66.8 Å². The number of benzene rings is 1. The first-order valence-corrected chi connectivity index (χ1v) is 8.77. The fourth-order valence-corrected chi connectivity index (χ4v) is 3.54. The van der Waals surface area contributed by atoms with Gasteiger partial charge in [-0.25, -0.2) is 0 Å². The van der Waals surface area contributed by atoms with Crippen LogP contribution < -0.4 is 0 Å². The Bertz CT molecular complexity index is 570. The Kier molecular flexibility index (Phi) is 5.51. The summed E-state index contributed by atoms with van der Waals surface area (Å²) in [5, 5.41) is 9.36. The van der Waals surface area contributed by atoms with Crippen LogP contribution in [0.25, 0.3) is 0 Å². The Morgan fingerprint density at radius 1 is 1.17 bits per heavy atom. The Morgan fingerprint density at radius 2 is 1.92 bits per heavy atom. The molecule has 0 radical (unpaired) electrons. The lowest BCUT2D eigenvalue weighted by molar-refractivity contribution is -0.142. The second-order valence-electron chi connectivity index (χ2n) is 6.89. The highest BCUT2D eigenvalue weighted by Crippen LogP contribution is 2.44. The number of carbonyl (C=O) groups excluding carboxylic acids is 1. The minimum Gasteiger partial charge on any atom is -0.481 e. The van der Waals surface area contributed by atoms with E-state index >= 15 is 0 Å². The molecule has 2 atom stereocenters. The summed E-state index contributed by atoms with van der Waals surface area (Å²) >= 11 is 0. The SMILES string of the molecule is O=C(O)[C@H]1CN(C(=O)CCCOCc2ccccc2)C[C@@H]1C1CC1. The smallest absolute Gasteiger partial charge is 0.308 e. The number of carboxylic acid groups (broad SMARTS) is 1. The van der Waals surface area contributed by atoms with Crippen molar-refractivity contribution in [1.29, 1.82) is 0 Å². The van der Waals surface area contributed by atoms with Crippen molar-refractivity contribution in [1.82, 2.24) is 4.90 Å². The molecule has 5 heteroatoms. The molecule has 0 aromatic heterocycles. The number of hydrogen-bond donors (Lipinski definition) is 1. The highest BCUT2D eigenvalue weighted by molar-refractivity contribution is 5.79. The van der Waals surface area contributed by atoms with Gasteiger partial charge in [-0.1, -0.05) is 30.3 Å². The standard InChI is InChI=1S/C19H25NO4/c21-18(7-4-10-24-13-14-5-2-1-3-6-14)20-11-16(15-8-9-15)17(12-20)19(22)23/h1-3,5-6,15-17H,4,7-13H2,(H,22,23)/t16-,17+/m1/s1. The zero-order chi connectivity index (χ0) is 16.9. The van der Waals surface area contributed by atoms with E-state index in [9.17, 15) is 14.7 Å². The van der Waals surface area contributed by atoms with Crippen molar-refractivity contribution in [2.45, 2.75) is 32.3 Å². The number of ether oxygens (including phenoxy) is 1. The lowest BCUT2D eigenvalue weighted by Crippen LogP contribution is -2.29. The normalized spacial score (nSPS) is 23.4. The molecule has 0 bridgehead atoms. The molecule has 1 aromatic rings. The van der Waals surface area contributed by atoms with Gasteiger partial charge >= 0.3 is 5.97 Å². The summed E-state index contributed by atoms with van der Waals surface area (Å²) in [4.78, 5) is 25.4. The van der Waals surface area contributed by atoms with E-state index in [2.05, 4.69) is 0 Å². The largest absolute Gasteiger partial charge is 0.481 e. The lowest BCUT2D eigenvalue weighted by Gasteiger charge is -2.16. The van der Waals surface area contributed by atoms with Crippen molar-refractivity contribution in [2.24, 2.45) is 17.8 Å². The molecular formula is C19H25NO4. The van der Waals surface area contributed by atoms with Gasteiger partial charge in [-0.2, -0.15) is 0 Å². The molecule has 5 nitrogen and oxygen atoms in total. The summed E-state index contributed by atoms with van der Waals surface area (Å²) < 4.78 is 5.60. The molecule has 130 valence electrons. The quantitative estimate of drug-likeness (QED) is 0.744. The maximum Gasteiger partial charge on any atom is 0.308 e. The van der Waals surface area contributed by atoms with Crippen LogP contribution in [-0.2, 0) is 20.9 Å². The molecule has 1 heterocycles. The first-order chi connectivity index (χ1) is 11.6. The van der Waals surface area contributed by atoms with Crippen LogP contribution in [0.3, 0.4) is 0 Å². The van der Waals surface area contributed by atoms with Crippen molar-refractivity contribution in [2.75, 3.05) is 19.7 Å². The third-order valence-electron chi connectivity index (χ3n) is 5.05. The number of amides is 1. The van der Waals surface area contributed by atoms with Crippen LogP contribution in [0.15, 0.2) is 30.3 Å². The fourth-order valence-electron chi connectivity index (χ4n) is 3.54. The number of rotatable bonds is 8. The minimum absolute atomic E-state index is 0.0627. The summed E-state index contributed by atoms with van der Waals surface area (Å²) in [6.07, 6.45) is 3.33. The number of aliphatic carboxylic acids is 1. The zero-order valence-corrected chi connectivity index (χ0v) is 13.9. The lowest BCUT2D eigenvalue weighted by atomic mass is 9.92. The minimum atomic E-state index is -0.756. The average Bonchev–Trinajstić information content (AvgIpc) is 3.33. The number of carboxylic acids is 1. The molecule has 1 aromatic carbocycles. The summed E-state index contributed by atoms with van der Waals surface area (Å²) in [5.41, 5.74) is 1.12. The van der Waals surface area contributed by atoms with Gasteiger partial charge < -0.3 is 14.7 Å². The molecule has 1 saturated heterocycles. The maximum absolute atomic E-state index is 12.3. The molecule has 0 spiro atoms. The average molecular weight is 331 g/mol. The van der Waals surface area contributed by atoms with Gasteiger partial charge in [0.25, 0.3) is 0 Å². The third-order valence-corrected chi connectivity index (χ3v) is 5.05. The molecule has 1 saturated carbocycles. The van der Waals surface area contributed by atoms with Gasteiger partial charge in [0, 0.05) is 26.1 Å². The first-order valence-electron chi connectivity index (χ1n) is 8.77. The molecule has 2 aliphatic rings. The van der Waals surface area contributed by atoms with Gasteiger partial charge in [-0.3, -0.25) is 9.59 Å². The highest BCUT2D eigenvalue weighted by atomic mass is 16.5. The number of hydrogen-bond acceptors (Lipinski definition) is 3. The zero-order valence-electron chi connectivity index (χ0n) is 13.9. The first kappa shape index (κ1) is 17.0. The van der Waals surface area contributed by atoms with Gasteiger partial charge in [0.15, 0.2) is 0 Å². The van der Waals surface area contributed by atoms with Crippen molar-refractivity contribution >= 4 is 11.9 Å². The van der Waals surface area contributed by atoms with E-state index in [1.165, 1.54) is 0 Å². The Hall–Kier alpha value is -1.88. The van der Waals surface area contributed by atoms with Crippen LogP contribution in [-0.4, -0.2) is 41.6 Å². The molecule has 24 heavy (non-hydrogen) atoms. The molecular weight excluding hydrogens is 306 g/mol. The van der Waals surface area contributed by atoms with Gasteiger partial charge in [0.2, 0.25) is 5.91 Å². The van der Waals surface area contributed by atoms with E-state index < -0.39 is 5.97 Å². The predicted octanol–water partition coefficient (Wildman–Crippen LogP) is 2.55. The molecule has 1 aliphatic carbocycles. The Balaban J connectivity index is 1.37. The monoisotopic (exact) mass is 331 g/mol. The molecule has 3 rings (SSSR count). The number of likely N-dealkylation sites (tertiary alicyclic amines) is 1. The molecule has 0 unspecified atom stereocenters. The van der Waals surface area contributed by atoms with Crippen LogP contribution in [0, 0.1) is 17.8 Å². The predicted molar refractivity (Wildman–Crippen MR) is 89.3 cm³/mol. The van der Waals surface area contributed by atoms with Crippen molar-refractivity contribution in [3.8, 4) is 0 Å². The summed E-state index contributed by atoms with van der Waals surface area (Å²) in [7, 11) is 0. The van der Waals surface area contributed by atoms with Crippen LogP contribution in [0.2, 0.25) is 0 Å². The van der Waals surface area contributed by atoms with E-state index in [1.807, 2.05) is 30.3 Å². The Morgan fingerprint density at radius 3 is 2.58 bits per heavy atom. The Labute approximate surface area is 142 Å². The van der Waals surface area contributed by atoms with E-state index in [-0.39, 0.29) is 17.7 Å². The van der Waals surface area contributed by atoms with Crippen molar-refractivity contribution in [3.63, 3.8) is 0 Å². The highest BCUT2D eigenvalue weighted by Gasteiger charge is 2.46. The van der Waals surface area contributed by atoms with Crippen LogP contribution in [0.5, 0.6) is 0 Å². The van der Waals surface area contributed by atoms with Crippen molar-refractivity contribution in [3.05, 3.63) is 35.9 Å². The van der Waals surface area contributed by atoms with Gasteiger partial charge in [-0.05, 0) is 36.7 Å². The van der Waals surface area contributed by atoms with Crippen LogP contribution in [0.4, 0.5) is 0 Å². The van der Waals surface area contributed by atoms with Crippen molar-refractivity contribution < 1.29 is 19.4 Å². The van der Waals surface area contributed by atoms with E-state index in [0.717, 1.165) is 18.4 Å².